The van der Waals surface area contributed by atoms with E-state index in [4.69, 9.17) is 4.42 Å². The average molecular weight is 244 g/mol. The molecule has 1 aromatic heterocycles. The zero-order valence-electron chi connectivity index (χ0n) is 10.6. The standard InChI is InChI=1S/C15H16O3/c1-3-10-5-7-12(8-6-10)14-13(15(16)17)11(4-2)9-18-14/h5-9H,3-4H2,1-2H3,(H,16,17). The van der Waals surface area contributed by atoms with E-state index in [-0.39, 0.29) is 5.56 Å². The van der Waals surface area contributed by atoms with Crippen LogP contribution in [0, 0.1) is 0 Å². The molecule has 0 aliphatic heterocycles. The third kappa shape index (κ3) is 2.16. The number of aryl methyl sites for hydroxylation is 2. The molecule has 0 saturated carbocycles. The van der Waals surface area contributed by atoms with Crippen LogP contribution in [-0.4, -0.2) is 11.1 Å². The topological polar surface area (TPSA) is 50.4 Å². The Labute approximate surface area is 106 Å². The first-order valence-electron chi connectivity index (χ1n) is 6.10. The zero-order valence-corrected chi connectivity index (χ0v) is 10.6. The van der Waals surface area contributed by atoms with Crippen molar-refractivity contribution in [2.24, 2.45) is 0 Å². The Morgan fingerprint density at radius 1 is 1.17 bits per heavy atom. The van der Waals surface area contributed by atoms with Crippen molar-refractivity contribution in [2.45, 2.75) is 26.7 Å². The van der Waals surface area contributed by atoms with Gasteiger partial charge in [0.2, 0.25) is 0 Å². The Morgan fingerprint density at radius 3 is 2.33 bits per heavy atom. The van der Waals surface area contributed by atoms with Crippen LogP contribution in [0.2, 0.25) is 0 Å². The van der Waals surface area contributed by atoms with Crippen LogP contribution in [0.15, 0.2) is 34.9 Å². The van der Waals surface area contributed by atoms with Crippen LogP contribution in [0.3, 0.4) is 0 Å². The van der Waals surface area contributed by atoms with Crippen LogP contribution in [0.1, 0.15) is 35.3 Å². The Kier molecular flexibility index (Phi) is 3.51. The number of carboxylic acids is 1. The second kappa shape index (κ2) is 5.08. The molecule has 3 nitrogen and oxygen atoms in total. The smallest absolute Gasteiger partial charge is 0.339 e. The summed E-state index contributed by atoms with van der Waals surface area (Å²) < 4.78 is 5.43. The molecule has 0 fully saturated rings. The first-order valence-corrected chi connectivity index (χ1v) is 6.10. The van der Waals surface area contributed by atoms with Crippen LogP contribution < -0.4 is 0 Å². The summed E-state index contributed by atoms with van der Waals surface area (Å²) >= 11 is 0. The number of rotatable bonds is 4. The van der Waals surface area contributed by atoms with Gasteiger partial charge in [-0.1, -0.05) is 38.1 Å². The highest BCUT2D eigenvalue weighted by Gasteiger charge is 2.20. The van der Waals surface area contributed by atoms with Crippen LogP contribution in [-0.2, 0) is 12.8 Å². The molecule has 0 spiro atoms. The van der Waals surface area contributed by atoms with Crippen LogP contribution in [0.4, 0.5) is 0 Å². The summed E-state index contributed by atoms with van der Waals surface area (Å²) in [6.45, 7) is 4.00. The van der Waals surface area contributed by atoms with Crippen molar-refractivity contribution in [1.82, 2.24) is 0 Å². The van der Waals surface area contributed by atoms with Gasteiger partial charge < -0.3 is 9.52 Å². The van der Waals surface area contributed by atoms with Gasteiger partial charge in [-0.25, -0.2) is 4.79 Å². The molecule has 1 heterocycles. The third-order valence-corrected chi connectivity index (χ3v) is 3.09. The minimum absolute atomic E-state index is 0.279. The molecular weight excluding hydrogens is 228 g/mol. The van der Waals surface area contributed by atoms with Gasteiger partial charge in [0.1, 0.15) is 11.3 Å². The highest BCUT2D eigenvalue weighted by Crippen LogP contribution is 2.29. The molecule has 1 aromatic carbocycles. The summed E-state index contributed by atoms with van der Waals surface area (Å²) in [6.07, 6.45) is 3.15. The zero-order chi connectivity index (χ0) is 13.1. The third-order valence-electron chi connectivity index (χ3n) is 3.09. The van der Waals surface area contributed by atoms with Crippen molar-refractivity contribution in [2.75, 3.05) is 0 Å². The Bertz CT molecular complexity index is 550. The highest BCUT2D eigenvalue weighted by molar-refractivity contribution is 5.96. The average Bonchev–Trinajstić information content (AvgIpc) is 2.82. The molecule has 1 N–H and O–H groups in total. The van der Waals surface area contributed by atoms with Gasteiger partial charge in [-0.3, -0.25) is 0 Å². The van der Waals surface area contributed by atoms with E-state index in [1.807, 2.05) is 31.2 Å². The first-order chi connectivity index (χ1) is 8.67. The largest absolute Gasteiger partial charge is 0.478 e. The van der Waals surface area contributed by atoms with Crippen molar-refractivity contribution in [3.63, 3.8) is 0 Å². The number of carboxylic acid groups (broad SMARTS) is 1. The normalized spacial score (nSPS) is 10.6. The van der Waals surface area contributed by atoms with Gasteiger partial charge in [0.05, 0.1) is 6.26 Å². The van der Waals surface area contributed by atoms with Crippen molar-refractivity contribution in [1.29, 1.82) is 0 Å². The lowest BCUT2D eigenvalue weighted by Gasteiger charge is -2.02. The van der Waals surface area contributed by atoms with Crippen LogP contribution in [0.25, 0.3) is 11.3 Å². The van der Waals surface area contributed by atoms with Crippen molar-refractivity contribution in [3.8, 4) is 11.3 Å². The molecule has 2 aromatic rings. The van der Waals surface area contributed by atoms with Crippen molar-refractivity contribution in [3.05, 3.63) is 47.2 Å². The van der Waals surface area contributed by atoms with Gasteiger partial charge >= 0.3 is 5.97 Å². The number of hydrogen-bond donors (Lipinski definition) is 1. The van der Waals surface area contributed by atoms with Gasteiger partial charge in [-0.2, -0.15) is 0 Å². The van der Waals surface area contributed by atoms with Crippen molar-refractivity contribution >= 4 is 5.97 Å². The fraction of sp³-hybridized carbons (Fsp3) is 0.267. The predicted octanol–water partition coefficient (Wildman–Crippen LogP) is 3.77. The number of aromatic carboxylic acids is 1. The molecule has 18 heavy (non-hydrogen) atoms. The predicted molar refractivity (Wildman–Crippen MR) is 69.9 cm³/mol. The SMILES string of the molecule is CCc1ccc(-c2occ(CC)c2C(=O)O)cc1. The number of hydrogen-bond acceptors (Lipinski definition) is 2. The fourth-order valence-corrected chi connectivity index (χ4v) is 1.99. The summed E-state index contributed by atoms with van der Waals surface area (Å²) in [5, 5.41) is 9.27. The fourth-order valence-electron chi connectivity index (χ4n) is 1.99. The van der Waals surface area contributed by atoms with Gasteiger partial charge in [-0.05, 0) is 18.4 Å². The lowest BCUT2D eigenvalue weighted by molar-refractivity contribution is 0.0696. The Balaban J connectivity index is 2.49. The summed E-state index contributed by atoms with van der Waals surface area (Å²) in [4.78, 5) is 11.3. The van der Waals surface area contributed by atoms with E-state index in [0.717, 1.165) is 17.5 Å². The highest BCUT2D eigenvalue weighted by atomic mass is 16.4. The number of carbonyl (C=O) groups is 1. The molecule has 0 atom stereocenters. The summed E-state index contributed by atoms with van der Waals surface area (Å²) in [5.41, 5.74) is 3.04. The molecular formula is C15H16O3. The molecule has 0 unspecified atom stereocenters. The van der Waals surface area contributed by atoms with Gasteiger partial charge in [-0.15, -0.1) is 0 Å². The van der Waals surface area contributed by atoms with E-state index < -0.39 is 5.97 Å². The first kappa shape index (κ1) is 12.4. The van der Waals surface area contributed by atoms with E-state index >= 15 is 0 Å². The molecule has 0 saturated heterocycles. The van der Waals surface area contributed by atoms with Gasteiger partial charge in [0, 0.05) is 11.1 Å². The quantitative estimate of drug-likeness (QED) is 0.890. The summed E-state index contributed by atoms with van der Waals surface area (Å²) in [7, 11) is 0. The molecule has 0 aliphatic rings. The Morgan fingerprint density at radius 2 is 1.83 bits per heavy atom. The van der Waals surface area contributed by atoms with Gasteiger partial charge in [0.15, 0.2) is 0 Å². The monoisotopic (exact) mass is 244 g/mol. The molecule has 0 radical (unpaired) electrons. The molecule has 2 rings (SSSR count). The lowest BCUT2D eigenvalue weighted by Crippen LogP contribution is -2.00. The molecule has 0 aliphatic carbocycles. The summed E-state index contributed by atoms with van der Waals surface area (Å²) in [6, 6.07) is 7.80. The maximum absolute atomic E-state index is 11.3. The van der Waals surface area contributed by atoms with E-state index in [0.29, 0.717) is 12.2 Å². The maximum atomic E-state index is 11.3. The second-order valence-corrected chi connectivity index (χ2v) is 4.17. The Hall–Kier alpha value is -2.03. The van der Waals surface area contributed by atoms with Gasteiger partial charge in [0.25, 0.3) is 0 Å². The van der Waals surface area contributed by atoms with E-state index in [1.165, 1.54) is 11.8 Å². The van der Waals surface area contributed by atoms with Crippen LogP contribution in [0.5, 0.6) is 0 Å². The molecule has 0 amide bonds. The minimum Gasteiger partial charge on any atom is -0.478 e. The van der Waals surface area contributed by atoms with E-state index in [9.17, 15) is 9.90 Å². The maximum Gasteiger partial charge on any atom is 0.339 e. The molecule has 3 heteroatoms. The lowest BCUT2D eigenvalue weighted by atomic mass is 10.0. The minimum atomic E-state index is -0.935. The number of benzene rings is 1. The van der Waals surface area contributed by atoms with E-state index in [1.54, 1.807) is 0 Å². The van der Waals surface area contributed by atoms with E-state index in [2.05, 4.69) is 6.92 Å². The summed E-state index contributed by atoms with van der Waals surface area (Å²) in [5.74, 6) is -0.489. The molecule has 94 valence electrons. The number of furan rings is 1. The second-order valence-electron chi connectivity index (χ2n) is 4.17. The van der Waals surface area contributed by atoms with Crippen LogP contribution >= 0.6 is 0 Å². The van der Waals surface area contributed by atoms with Crippen molar-refractivity contribution < 1.29 is 14.3 Å². The molecule has 0 bridgehead atoms.